The van der Waals surface area contributed by atoms with Crippen LogP contribution >= 0.6 is 0 Å². The number of hydrogen-bond donors (Lipinski definition) is 1. The summed E-state index contributed by atoms with van der Waals surface area (Å²) < 4.78 is 0. The Hall–Kier alpha value is -1.02. The third-order valence-corrected chi connectivity index (χ3v) is 3.29. The molecule has 0 spiro atoms. The van der Waals surface area contributed by atoms with Crippen LogP contribution in [0.2, 0.25) is 0 Å². The predicted octanol–water partition coefficient (Wildman–Crippen LogP) is 3.38. The summed E-state index contributed by atoms with van der Waals surface area (Å²) in [5.74, 6) is 0.787. The molecule has 0 atom stereocenters. The molecule has 0 aromatic heterocycles. The van der Waals surface area contributed by atoms with Crippen LogP contribution in [0.3, 0.4) is 0 Å². The zero-order valence-corrected chi connectivity index (χ0v) is 12.6. The number of anilines is 1. The lowest BCUT2D eigenvalue weighted by molar-refractivity contribution is 0.539. The summed E-state index contributed by atoms with van der Waals surface area (Å²) >= 11 is 0. The van der Waals surface area contributed by atoms with E-state index in [1.165, 1.54) is 23.2 Å². The third kappa shape index (κ3) is 5.09. The maximum atomic E-state index is 3.51. The van der Waals surface area contributed by atoms with Crippen molar-refractivity contribution in [2.24, 2.45) is 5.92 Å². The number of benzene rings is 1. The molecule has 0 aliphatic heterocycles. The fraction of sp³-hybridized carbons (Fsp3) is 0.625. The SMILES string of the molecule is Cc1ccc(N(C)CCNCCC(C)C)c(C)c1. The van der Waals surface area contributed by atoms with Crippen LogP contribution in [0.15, 0.2) is 18.2 Å². The van der Waals surface area contributed by atoms with Crippen molar-refractivity contribution < 1.29 is 0 Å². The molecule has 0 aliphatic rings. The number of likely N-dealkylation sites (N-methyl/N-ethyl adjacent to an activating group) is 1. The maximum absolute atomic E-state index is 3.51. The van der Waals surface area contributed by atoms with Crippen molar-refractivity contribution in [1.82, 2.24) is 5.32 Å². The number of nitrogens with one attached hydrogen (secondary N) is 1. The summed E-state index contributed by atoms with van der Waals surface area (Å²) in [5.41, 5.74) is 4.03. The van der Waals surface area contributed by atoms with Gasteiger partial charge in [0.1, 0.15) is 0 Å². The summed E-state index contributed by atoms with van der Waals surface area (Å²) in [7, 11) is 2.17. The van der Waals surface area contributed by atoms with Crippen LogP contribution in [-0.2, 0) is 0 Å². The first-order valence-corrected chi connectivity index (χ1v) is 7.00. The van der Waals surface area contributed by atoms with Crippen molar-refractivity contribution in [3.05, 3.63) is 29.3 Å². The Morgan fingerprint density at radius 2 is 1.89 bits per heavy atom. The van der Waals surface area contributed by atoms with Crippen molar-refractivity contribution in [3.8, 4) is 0 Å². The first kappa shape index (κ1) is 15.0. The number of hydrogen-bond acceptors (Lipinski definition) is 2. The van der Waals surface area contributed by atoms with E-state index in [-0.39, 0.29) is 0 Å². The zero-order chi connectivity index (χ0) is 13.5. The van der Waals surface area contributed by atoms with E-state index in [9.17, 15) is 0 Å². The molecule has 18 heavy (non-hydrogen) atoms. The van der Waals surface area contributed by atoms with E-state index in [0.29, 0.717) is 0 Å². The van der Waals surface area contributed by atoms with E-state index in [2.05, 4.69) is 63.2 Å². The molecular formula is C16H28N2. The molecule has 1 aromatic carbocycles. The molecule has 0 bridgehead atoms. The molecule has 0 unspecified atom stereocenters. The Morgan fingerprint density at radius 3 is 2.50 bits per heavy atom. The Bertz CT molecular complexity index is 358. The Kier molecular flexibility index (Phi) is 6.20. The number of aryl methyl sites for hydroxylation is 2. The quantitative estimate of drug-likeness (QED) is 0.744. The van der Waals surface area contributed by atoms with Crippen molar-refractivity contribution in [2.75, 3.05) is 31.6 Å². The van der Waals surface area contributed by atoms with E-state index in [1.54, 1.807) is 0 Å². The van der Waals surface area contributed by atoms with Crippen molar-refractivity contribution in [3.63, 3.8) is 0 Å². The molecule has 0 saturated heterocycles. The highest BCUT2D eigenvalue weighted by molar-refractivity contribution is 5.53. The molecule has 0 heterocycles. The van der Waals surface area contributed by atoms with Gasteiger partial charge >= 0.3 is 0 Å². The second-order valence-corrected chi connectivity index (χ2v) is 5.64. The van der Waals surface area contributed by atoms with Crippen molar-refractivity contribution in [1.29, 1.82) is 0 Å². The van der Waals surface area contributed by atoms with Crippen molar-refractivity contribution >= 4 is 5.69 Å². The molecule has 0 aliphatic carbocycles. The summed E-state index contributed by atoms with van der Waals surface area (Å²) in [5, 5.41) is 3.51. The van der Waals surface area contributed by atoms with E-state index in [0.717, 1.165) is 25.6 Å². The lowest BCUT2D eigenvalue weighted by Crippen LogP contribution is -2.30. The van der Waals surface area contributed by atoms with E-state index < -0.39 is 0 Å². The second kappa shape index (κ2) is 7.42. The minimum atomic E-state index is 0.787. The zero-order valence-electron chi connectivity index (χ0n) is 12.6. The average molecular weight is 248 g/mol. The topological polar surface area (TPSA) is 15.3 Å². The molecule has 1 N–H and O–H groups in total. The highest BCUT2D eigenvalue weighted by Crippen LogP contribution is 2.19. The van der Waals surface area contributed by atoms with Crippen LogP contribution in [0.5, 0.6) is 0 Å². The molecule has 1 rings (SSSR count). The molecule has 0 amide bonds. The van der Waals surface area contributed by atoms with Crippen LogP contribution in [0, 0.1) is 19.8 Å². The fourth-order valence-electron chi connectivity index (χ4n) is 2.12. The van der Waals surface area contributed by atoms with E-state index in [4.69, 9.17) is 0 Å². The Labute approximate surface area is 112 Å². The summed E-state index contributed by atoms with van der Waals surface area (Å²) in [6.45, 7) is 12.1. The molecule has 102 valence electrons. The highest BCUT2D eigenvalue weighted by atomic mass is 15.1. The summed E-state index contributed by atoms with van der Waals surface area (Å²) in [6, 6.07) is 6.65. The van der Waals surface area contributed by atoms with Gasteiger partial charge in [-0.25, -0.2) is 0 Å². The van der Waals surface area contributed by atoms with Crippen LogP contribution in [0.4, 0.5) is 5.69 Å². The first-order chi connectivity index (χ1) is 8.50. The predicted molar refractivity (Wildman–Crippen MR) is 81.5 cm³/mol. The normalized spacial score (nSPS) is 11.0. The van der Waals surface area contributed by atoms with E-state index >= 15 is 0 Å². The molecule has 0 saturated carbocycles. The van der Waals surface area contributed by atoms with Gasteiger partial charge < -0.3 is 10.2 Å². The number of nitrogens with zero attached hydrogens (tertiary/aromatic N) is 1. The van der Waals surface area contributed by atoms with Gasteiger partial charge in [-0.2, -0.15) is 0 Å². The van der Waals surface area contributed by atoms with Gasteiger partial charge in [0.25, 0.3) is 0 Å². The van der Waals surface area contributed by atoms with Gasteiger partial charge in [0, 0.05) is 25.8 Å². The molecular weight excluding hydrogens is 220 g/mol. The molecule has 2 nitrogen and oxygen atoms in total. The minimum Gasteiger partial charge on any atom is -0.373 e. The molecule has 2 heteroatoms. The summed E-state index contributed by atoms with van der Waals surface area (Å²) in [4.78, 5) is 2.33. The van der Waals surface area contributed by atoms with Gasteiger partial charge in [0.15, 0.2) is 0 Å². The Balaban J connectivity index is 2.34. The minimum absolute atomic E-state index is 0.787. The average Bonchev–Trinajstić information content (AvgIpc) is 2.27. The van der Waals surface area contributed by atoms with Gasteiger partial charge in [-0.15, -0.1) is 0 Å². The van der Waals surface area contributed by atoms with Crippen LogP contribution in [-0.4, -0.2) is 26.7 Å². The lowest BCUT2D eigenvalue weighted by atomic mass is 10.1. The summed E-state index contributed by atoms with van der Waals surface area (Å²) in [6.07, 6.45) is 1.26. The van der Waals surface area contributed by atoms with Gasteiger partial charge in [-0.1, -0.05) is 31.5 Å². The highest BCUT2D eigenvalue weighted by Gasteiger charge is 2.04. The van der Waals surface area contributed by atoms with E-state index in [1.807, 2.05) is 0 Å². The largest absolute Gasteiger partial charge is 0.373 e. The van der Waals surface area contributed by atoms with Crippen LogP contribution < -0.4 is 10.2 Å². The smallest absolute Gasteiger partial charge is 0.0393 e. The molecule has 1 aromatic rings. The van der Waals surface area contributed by atoms with Gasteiger partial charge in [-0.3, -0.25) is 0 Å². The Morgan fingerprint density at radius 1 is 1.17 bits per heavy atom. The number of rotatable bonds is 7. The van der Waals surface area contributed by atoms with Crippen molar-refractivity contribution in [2.45, 2.75) is 34.1 Å². The van der Waals surface area contributed by atoms with Crippen LogP contribution in [0.25, 0.3) is 0 Å². The molecule has 0 fully saturated rings. The first-order valence-electron chi connectivity index (χ1n) is 7.00. The fourth-order valence-corrected chi connectivity index (χ4v) is 2.12. The van der Waals surface area contributed by atoms with Crippen LogP contribution in [0.1, 0.15) is 31.4 Å². The monoisotopic (exact) mass is 248 g/mol. The molecule has 0 radical (unpaired) electrons. The van der Waals surface area contributed by atoms with Gasteiger partial charge in [-0.05, 0) is 44.4 Å². The van der Waals surface area contributed by atoms with Gasteiger partial charge in [0.2, 0.25) is 0 Å². The standard InChI is InChI=1S/C16H28N2/c1-13(2)8-9-17-10-11-18(5)16-7-6-14(3)12-15(16)4/h6-7,12-13,17H,8-11H2,1-5H3. The maximum Gasteiger partial charge on any atom is 0.0393 e. The second-order valence-electron chi connectivity index (χ2n) is 5.64. The van der Waals surface area contributed by atoms with Gasteiger partial charge in [0.05, 0.1) is 0 Å². The third-order valence-electron chi connectivity index (χ3n) is 3.29. The lowest BCUT2D eigenvalue weighted by Gasteiger charge is -2.22.